The molecular formula is C56H110O5. The van der Waals surface area contributed by atoms with Crippen LogP contribution >= 0.6 is 0 Å². The first-order valence-electron chi connectivity index (χ1n) is 28.1. The van der Waals surface area contributed by atoms with E-state index in [0.717, 1.165) is 38.5 Å². The van der Waals surface area contributed by atoms with Gasteiger partial charge < -0.3 is 14.6 Å². The Morgan fingerprint density at radius 2 is 0.508 bits per heavy atom. The zero-order chi connectivity index (χ0) is 44.2. The average molecular weight is 863 g/mol. The van der Waals surface area contributed by atoms with Crippen LogP contribution in [0.4, 0.5) is 0 Å². The summed E-state index contributed by atoms with van der Waals surface area (Å²) in [5, 5.41) is 9.53. The molecule has 0 aromatic rings. The Bertz CT molecular complexity index is 845. The summed E-state index contributed by atoms with van der Waals surface area (Å²) >= 11 is 0. The van der Waals surface area contributed by atoms with Crippen LogP contribution in [-0.2, 0) is 19.1 Å². The Balaban J connectivity index is 3.25. The molecule has 0 bridgehead atoms. The van der Waals surface area contributed by atoms with Crippen LogP contribution in [0.15, 0.2) is 0 Å². The number of rotatable bonds is 53. The molecule has 0 aromatic carbocycles. The Hall–Kier alpha value is -1.10. The lowest BCUT2D eigenvalue weighted by Crippen LogP contribution is -2.28. The predicted octanol–water partition coefficient (Wildman–Crippen LogP) is 18.6. The van der Waals surface area contributed by atoms with Crippen molar-refractivity contribution in [3.8, 4) is 0 Å². The molecule has 1 N–H and O–H groups in total. The smallest absolute Gasteiger partial charge is 0.306 e. The highest BCUT2D eigenvalue weighted by Crippen LogP contribution is 2.18. The maximum Gasteiger partial charge on any atom is 0.306 e. The molecule has 5 heteroatoms. The molecule has 1 atom stereocenters. The Labute approximate surface area is 382 Å². The van der Waals surface area contributed by atoms with Crippen molar-refractivity contribution in [2.24, 2.45) is 0 Å². The fourth-order valence-electron chi connectivity index (χ4n) is 8.91. The predicted molar refractivity (Wildman–Crippen MR) is 266 cm³/mol. The molecule has 0 aliphatic carbocycles. The van der Waals surface area contributed by atoms with Gasteiger partial charge in [-0.1, -0.05) is 303 Å². The van der Waals surface area contributed by atoms with Gasteiger partial charge in [0.15, 0.2) is 6.10 Å². The molecule has 0 radical (unpaired) electrons. The third kappa shape index (κ3) is 51.4. The third-order valence-electron chi connectivity index (χ3n) is 13.2. The first-order chi connectivity index (χ1) is 30.1. The van der Waals surface area contributed by atoms with E-state index in [1.165, 1.54) is 263 Å². The van der Waals surface area contributed by atoms with Crippen LogP contribution in [0.2, 0.25) is 0 Å². The second-order valence-corrected chi connectivity index (χ2v) is 19.4. The quantitative estimate of drug-likeness (QED) is 0.0487. The number of carbonyl (C=O) groups excluding carboxylic acids is 2. The largest absolute Gasteiger partial charge is 0.462 e. The second-order valence-electron chi connectivity index (χ2n) is 19.4. The summed E-state index contributed by atoms with van der Waals surface area (Å²) in [6.07, 6.45) is 64.4. The van der Waals surface area contributed by atoms with Gasteiger partial charge in [0.25, 0.3) is 0 Å². The van der Waals surface area contributed by atoms with Crippen LogP contribution in [0.3, 0.4) is 0 Å². The van der Waals surface area contributed by atoms with Crippen LogP contribution < -0.4 is 0 Å². The lowest BCUT2D eigenvalue weighted by molar-refractivity contribution is -0.161. The van der Waals surface area contributed by atoms with E-state index in [-0.39, 0.29) is 25.2 Å². The van der Waals surface area contributed by atoms with Gasteiger partial charge in [-0.15, -0.1) is 0 Å². The molecule has 1 unspecified atom stereocenters. The SMILES string of the molecule is CCCCCCCCCCCCCCCCCCCCCCCCCCCCCCCCCCCCCCCCCCCC(=O)OC(CO)COC(=O)CCCCCCCC. The molecule has 0 aliphatic rings. The molecule has 0 aromatic heterocycles. The van der Waals surface area contributed by atoms with Crippen molar-refractivity contribution in [2.45, 2.75) is 335 Å². The number of hydrogen-bond acceptors (Lipinski definition) is 5. The number of ether oxygens (including phenoxy) is 2. The van der Waals surface area contributed by atoms with Gasteiger partial charge in [-0.3, -0.25) is 9.59 Å². The standard InChI is InChI=1S/C56H110O5/c1-3-5-7-9-11-12-13-14-15-16-17-18-19-20-21-22-23-24-25-26-27-28-29-30-31-32-33-34-35-36-37-38-39-40-41-42-43-44-45-47-49-51-56(59)61-54(52-57)53-60-55(58)50-48-46-10-8-6-4-2/h54,57H,3-53H2,1-2H3. The zero-order valence-corrected chi connectivity index (χ0v) is 41.7. The summed E-state index contributed by atoms with van der Waals surface area (Å²) in [5.41, 5.74) is 0. The number of hydrogen-bond donors (Lipinski definition) is 1. The Morgan fingerprint density at radius 3 is 0.721 bits per heavy atom. The second kappa shape index (κ2) is 53.2. The molecule has 0 rings (SSSR count). The van der Waals surface area contributed by atoms with Gasteiger partial charge >= 0.3 is 11.9 Å². The number of unbranched alkanes of at least 4 members (excludes halogenated alkanes) is 45. The highest BCUT2D eigenvalue weighted by molar-refractivity contribution is 5.70. The molecule has 0 fully saturated rings. The van der Waals surface area contributed by atoms with Gasteiger partial charge in [-0.05, 0) is 12.8 Å². The van der Waals surface area contributed by atoms with Crippen molar-refractivity contribution in [2.75, 3.05) is 13.2 Å². The molecule has 0 saturated carbocycles. The van der Waals surface area contributed by atoms with Crippen LogP contribution in [0.5, 0.6) is 0 Å². The summed E-state index contributed by atoms with van der Waals surface area (Å²) < 4.78 is 10.6. The van der Waals surface area contributed by atoms with Gasteiger partial charge in [0.05, 0.1) is 6.61 Å². The van der Waals surface area contributed by atoms with Gasteiger partial charge in [0, 0.05) is 12.8 Å². The van der Waals surface area contributed by atoms with E-state index < -0.39 is 6.10 Å². The topological polar surface area (TPSA) is 72.8 Å². The maximum atomic E-state index is 12.2. The summed E-state index contributed by atoms with van der Waals surface area (Å²) in [6, 6.07) is 0. The first-order valence-corrected chi connectivity index (χ1v) is 28.1. The minimum atomic E-state index is -0.761. The monoisotopic (exact) mass is 863 g/mol. The number of aliphatic hydroxyl groups excluding tert-OH is 1. The number of carbonyl (C=O) groups is 2. The molecule has 5 nitrogen and oxygen atoms in total. The molecule has 61 heavy (non-hydrogen) atoms. The van der Waals surface area contributed by atoms with Crippen molar-refractivity contribution in [1.29, 1.82) is 0 Å². The van der Waals surface area contributed by atoms with Crippen LogP contribution in [-0.4, -0.2) is 36.4 Å². The zero-order valence-electron chi connectivity index (χ0n) is 41.7. The highest BCUT2D eigenvalue weighted by atomic mass is 16.6. The number of aliphatic hydroxyl groups is 1. The third-order valence-corrected chi connectivity index (χ3v) is 13.2. The first kappa shape index (κ1) is 59.9. The van der Waals surface area contributed by atoms with E-state index >= 15 is 0 Å². The molecule has 0 saturated heterocycles. The van der Waals surface area contributed by atoms with Gasteiger partial charge in [-0.25, -0.2) is 0 Å². The fraction of sp³-hybridized carbons (Fsp3) is 0.964. The van der Waals surface area contributed by atoms with Gasteiger partial charge in [0.1, 0.15) is 6.61 Å². The Morgan fingerprint density at radius 1 is 0.311 bits per heavy atom. The summed E-state index contributed by atoms with van der Waals surface area (Å²) in [7, 11) is 0. The lowest BCUT2D eigenvalue weighted by atomic mass is 10.0. The van der Waals surface area contributed by atoms with E-state index in [2.05, 4.69) is 13.8 Å². The van der Waals surface area contributed by atoms with E-state index in [9.17, 15) is 14.7 Å². The summed E-state index contributed by atoms with van der Waals surface area (Å²) in [5.74, 6) is -0.583. The van der Waals surface area contributed by atoms with Crippen molar-refractivity contribution in [3.63, 3.8) is 0 Å². The van der Waals surface area contributed by atoms with Crippen molar-refractivity contribution in [3.05, 3.63) is 0 Å². The molecular weight excluding hydrogens is 753 g/mol. The van der Waals surface area contributed by atoms with Crippen molar-refractivity contribution >= 4 is 11.9 Å². The number of esters is 2. The molecule has 364 valence electrons. The van der Waals surface area contributed by atoms with Crippen LogP contribution in [0.25, 0.3) is 0 Å². The Kier molecular flexibility index (Phi) is 52.3. The van der Waals surface area contributed by atoms with E-state index in [1.807, 2.05) is 0 Å². The minimum absolute atomic E-state index is 0.0588. The summed E-state index contributed by atoms with van der Waals surface area (Å²) in [6.45, 7) is 4.11. The van der Waals surface area contributed by atoms with Crippen LogP contribution in [0, 0.1) is 0 Å². The molecule has 0 heterocycles. The van der Waals surface area contributed by atoms with E-state index in [1.54, 1.807) is 0 Å². The summed E-state index contributed by atoms with van der Waals surface area (Å²) in [4.78, 5) is 24.1. The maximum absolute atomic E-state index is 12.2. The van der Waals surface area contributed by atoms with E-state index in [0.29, 0.717) is 12.8 Å². The van der Waals surface area contributed by atoms with Gasteiger partial charge in [0.2, 0.25) is 0 Å². The minimum Gasteiger partial charge on any atom is -0.462 e. The average Bonchev–Trinajstić information content (AvgIpc) is 3.26. The highest BCUT2D eigenvalue weighted by Gasteiger charge is 2.16. The van der Waals surface area contributed by atoms with Gasteiger partial charge in [-0.2, -0.15) is 0 Å². The van der Waals surface area contributed by atoms with Crippen LogP contribution in [0.1, 0.15) is 328 Å². The van der Waals surface area contributed by atoms with Crippen molar-refractivity contribution in [1.82, 2.24) is 0 Å². The van der Waals surface area contributed by atoms with E-state index in [4.69, 9.17) is 9.47 Å². The molecule has 0 spiro atoms. The molecule has 0 aliphatic heterocycles. The molecule has 0 amide bonds. The normalized spacial score (nSPS) is 12.0. The fourth-order valence-corrected chi connectivity index (χ4v) is 8.91. The van der Waals surface area contributed by atoms with Crippen molar-refractivity contribution < 1.29 is 24.2 Å². The lowest BCUT2D eigenvalue weighted by Gasteiger charge is -2.15.